The van der Waals surface area contributed by atoms with E-state index in [1.54, 1.807) is 0 Å². The number of hydrogen-bond acceptors (Lipinski definition) is 2. The van der Waals surface area contributed by atoms with Gasteiger partial charge >= 0.3 is 0 Å². The van der Waals surface area contributed by atoms with Gasteiger partial charge in [0.15, 0.2) is 0 Å². The Morgan fingerprint density at radius 1 is 1.35 bits per heavy atom. The summed E-state index contributed by atoms with van der Waals surface area (Å²) >= 11 is 3.53. The highest BCUT2D eigenvalue weighted by Crippen LogP contribution is 2.30. The summed E-state index contributed by atoms with van der Waals surface area (Å²) in [5.74, 6) is 0.602. The third-order valence-electron chi connectivity index (χ3n) is 4.11. The first-order valence-corrected chi connectivity index (χ1v) is 7.99. The van der Waals surface area contributed by atoms with Crippen LogP contribution in [0.15, 0.2) is 28.7 Å². The number of aryl methyl sites for hydroxylation is 1. The van der Waals surface area contributed by atoms with E-state index in [9.17, 15) is 0 Å². The normalized spacial score (nSPS) is 19.2. The predicted octanol–water partition coefficient (Wildman–Crippen LogP) is 3.72. The van der Waals surface area contributed by atoms with Gasteiger partial charge in [0, 0.05) is 28.2 Å². The maximum absolute atomic E-state index is 4.76. The zero-order chi connectivity index (χ0) is 14.1. The Balaban J connectivity index is 2.02. The summed E-state index contributed by atoms with van der Waals surface area (Å²) in [4.78, 5) is 0. The SMILES string of the molecule is Cc1nn(-c2cccc(Br)c2)c(C)c1C1CCCNC1. The largest absolute Gasteiger partial charge is 0.316 e. The van der Waals surface area contributed by atoms with E-state index in [1.165, 1.54) is 24.1 Å². The van der Waals surface area contributed by atoms with Crippen molar-refractivity contribution in [2.75, 3.05) is 13.1 Å². The van der Waals surface area contributed by atoms with E-state index in [1.807, 2.05) is 6.07 Å². The minimum absolute atomic E-state index is 0.602. The van der Waals surface area contributed by atoms with Crippen LogP contribution in [0.5, 0.6) is 0 Å². The Morgan fingerprint density at radius 2 is 2.20 bits per heavy atom. The van der Waals surface area contributed by atoms with Gasteiger partial charge in [-0.2, -0.15) is 5.10 Å². The van der Waals surface area contributed by atoms with Crippen molar-refractivity contribution in [1.82, 2.24) is 15.1 Å². The number of piperidine rings is 1. The summed E-state index contributed by atoms with van der Waals surface area (Å²) in [5.41, 5.74) is 4.98. The molecule has 2 heterocycles. The van der Waals surface area contributed by atoms with Crippen LogP contribution in [-0.4, -0.2) is 22.9 Å². The van der Waals surface area contributed by atoms with Gasteiger partial charge in [-0.25, -0.2) is 4.68 Å². The van der Waals surface area contributed by atoms with Crippen molar-refractivity contribution < 1.29 is 0 Å². The van der Waals surface area contributed by atoms with Crippen molar-refractivity contribution in [1.29, 1.82) is 0 Å². The van der Waals surface area contributed by atoms with Crippen LogP contribution in [0.25, 0.3) is 5.69 Å². The maximum atomic E-state index is 4.76. The second kappa shape index (κ2) is 5.70. The molecule has 0 amide bonds. The van der Waals surface area contributed by atoms with Gasteiger partial charge in [0.05, 0.1) is 11.4 Å². The lowest BCUT2D eigenvalue weighted by Crippen LogP contribution is -2.28. The van der Waals surface area contributed by atoms with Gasteiger partial charge in [-0.15, -0.1) is 0 Å². The molecule has 0 aliphatic carbocycles. The van der Waals surface area contributed by atoms with E-state index in [4.69, 9.17) is 5.10 Å². The van der Waals surface area contributed by atoms with Crippen LogP contribution in [0.3, 0.4) is 0 Å². The second-order valence-electron chi connectivity index (χ2n) is 5.52. The highest BCUT2D eigenvalue weighted by molar-refractivity contribution is 9.10. The lowest BCUT2D eigenvalue weighted by molar-refractivity contribution is 0.459. The van der Waals surface area contributed by atoms with Crippen LogP contribution in [0.2, 0.25) is 0 Å². The molecule has 20 heavy (non-hydrogen) atoms. The van der Waals surface area contributed by atoms with Crippen molar-refractivity contribution in [2.24, 2.45) is 0 Å². The fourth-order valence-corrected chi connectivity index (χ4v) is 3.59. The van der Waals surface area contributed by atoms with E-state index in [2.05, 4.69) is 58.0 Å². The van der Waals surface area contributed by atoms with Crippen molar-refractivity contribution in [3.8, 4) is 5.69 Å². The molecule has 106 valence electrons. The second-order valence-corrected chi connectivity index (χ2v) is 6.44. The molecule has 4 heteroatoms. The molecule has 1 unspecified atom stereocenters. The van der Waals surface area contributed by atoms with Crippen molar-refractivity contribution >= 4 is 15.9 Å². The number of benzene rings is 1. The number of aromatic nitrogens is 2. The van der Waals surface area contributed by atoms with Gasteiger partial charge in [-0.1, -0.05) is 22.0 Å². The van der Waals surface area contributed by atoms with Gasteiger partial charge in [0.25, 0.3) is 0 Å². The molecule has 0 spiro atoms. The van der Waals surface area contributed by atoms with Gasteiger partial charge in [-0.05, 0) is 51.4 Å². The smallest absolute Gasteiger partial charge is 0.0660 e. The predicted molar refractivity (Wildman–Crippen MR) is 85.6 cm³/mol. The Bertz CT molecular complexity index is 612. The lowest BCUT2D eigenvalue weighted by Gasteiger charge is -2.23. The molecule has 0 saturated carbocycles. The van der Waals surface area contributed by atoms with Crippen LogP contribution in [0.1, 0.15) is 35.7 Å². The molecule has 3 rings (SSSR count). The van der Waals surface area contributed by atoms with Crippen LogP contribution in [-0.2, 0) is 0 Å². The monoisotopic (exact) mass is 333 g/mol. The zero-order valence-electron chi connectivity index (χ0n) is 12.0. The summed E-state index contributed by atoms with van der Waals surface area (Å²) in [6.45, 7) is 6.54. The first kappa shape index (κ1) is 13.8. The third kappa shape index (κ3) is 2.54. The van der Waals surface area contributed by atoms with Gasteiger partial charge in [0.2, 0.25) is 0 Å². The summed E-state index contributed by atoms with van der Waals surface area (Å²) in [6.07, 6.45) is 2.52. The third-order valence-corrected chi connectivity index (χ3v) is 4.60. The minimum Gasteiger partial charge on any atom is -0.316 e. The molecule has 0 bridgehead atoms. The van der Waals surface area contributed by atoms with Gasteiger partial charge in [0.1, 0.15) is 0 Å². The highest BCUT2D eigenvalue weighted by Gasteiger charge is 2.23. The van der Waals surface area contributed by atoms with E-state index >= 15 is 0 Å². The topological polar surface area (TPSA) is 29.9 Å². The fraction of sp³-hybridized carbons (Fsp3) is 0.438. The van der Waals surface area contributed by atoms with Crippen molar-refractivity contribution in [2.45, 2.75) is 32.6 Å². The maximum Gasteiger partial charge on any atom is 0.0660 e. The number of halogens is 1. The molecule has 1 fully saturated rings. The molecular weight excluding hydrogens is 314 g/mol. The Hall–Kier alpha value is -1.13. The van der Waals surface area contributed by atoms with E-state index in [-0.39, 0.29) is 0 Å². The summed E-state index contributed by atoms with van der Waals surface area (Å²) in [7, 11) is 0. The number of rotatable bonds is 2. The average Bonchev–Trinajstić information content (AvgIpc) is 2.75. The highest BCUT2D eigenvalue weighted by atomic mass is 79.9. The lowest BCUT2D eigenvalue weighted by atomic mass is 9.90. The van der Waals surface area contributed by atoms with Crippen LogP contribution in [0, 0.1) is 13.8 Å². The number of nitrogens with one attached hydrogen (secondary N) is 1. The molecule has 1 saturated heterocycles. The molecule has 1 aromatic carbocycles. The fourth-order valence-electron chi connectivity index (χ4n) is 3.20. The molecule has 1 aliphatic heterocycles. The quantitative estimate of drug-likeness (QED) is 0.907. The molecule has 1 atom stereocenters. The average molecular weight is 334 g/mol. The van der Waals surface area contributed by atoms with Gasteiger partial charge < -0.3 is 5.32 Å². The summed E-state index contributed by atoms with van der Waals surface area (Å²) in [5, 5.41) is 8.27. The molecular formula is C16H20BrN3. The van der Waals surface area contributed by atoms with E-state index in [0.29, 0.717) is 5.92 Å². The van der Waals surface area contributed by atoms with Gasteiger partial charge in [-0.3, -0.25) is 0 Å². The first-order valence-electron chi connectivity index (χ1n) is 7.19. The van der Waals surface area contributed by atoms with E-state index < -0.39 is 0 Å². The van der Waals surface area contributed by atoms with Crippen molar-refractivity contribution in [3.63, 3.8) is 0 Å². The molecule has 3 nitrogen and oxygen atoms in total. The first-order chi connectivity index (χ1) is 9.66. The Kier molecular flexibility index (Phi) is 3.94. The standard InChI is InChI=1S/C16H20BrN3/c1-11-16(13-5-4-8-18-10-13)12(2)20(19-11)15-7-3-6-14(17)9-15/h3,6-7,9,13,18H,4-5,8,10H2,1-2H3. The zero-order valence-corrected chi connectivity index (χ0v) is 13.6. The molecule has 1 N–H and O–H groups in total. The molecule has 0 radical (unpaired) electrons. The number of hydrogen-bond donors (Lipinski definition) is 1. The van der Waals surface area contributed by atoms with Crippen LogP contribution in [0.4, 0.5) is 0 Å². The Labute approximate surface area is 128 Å². The molecule has 1 aliphatic rings. The van der Waals surface area contributed by atoms with E-state index in [0.717, 1.165) is 28.9 Å². The van der Waals surface area contributed by atoms with Crippen LogP contribution >= 0.6 is 15.9 Å². The van der Waals surface area contributed by atoms with Crippen molar-refractivity contribution in [3.05, 3.63) is 45.7 Å². The Morgan fingerprint density at radius 3 is 2.90 bits per heavy atom. The minimum atomic E-state index is 0.602. The molecule has 2 aromatic rings. The summed E-state index contributed by atoms with van der Waals surface area (Å²) in [6, 6.07) is 8.31. The molecule has 1 aromatic heterocycles. The van der Waals surface area contributed by atoms with Crippen LogP contribution < -0.4 is 5.32 Å². The number of nitrogens with zero attached hydrogens (tertiary/aromatic N) is 2. The summed E-state index contributed by atoms with van der Waals surface area (Å²) < 4.78 is 3.16.